The molecule has 0 spiro atoms. The highest BCUT2D eigenvalue weighted by Crippen LogP contribution is 2.10. The van der Waals surface area contributed by atoms with E-state index in [-0.39, 0.29) is 10.4 Å². The fourth-order valence-corrected chi connectivity index (χ4v) is 1.20. The van der Waals surface area contributed by atoms with E-state index in [2.05, 4.69) is 6.58 Å². The first-order valence-electron chi connectivity index (χ1n) is 4.06. The van der Waals surface area contributed by atoms with Gasteiger partial charge in [-0.3, -0.25) is 0 Å². The van der Waals surface area contributed by atoms with Crippen molar-refractivity contribution < 1.29 is 9.90 Å². The first-order valence-corrected chi connectivity index (χ1v) is 4.47. The summed E-state index contributed by atoms with van der Waals surface area (Å²) in [5.74, 6) is -1.07. The normalized spacial score (nSPS) is 9.50. The number of carbonyl (C=O) groups is 1. The predicted octanol–water partition coefficient (Wildman–Crippen LogP) is 2.35. The van der Waals surface area contributed by atoms with Crippen LogP contribution >= 0.6 is 12.2 Å². The molecule has 72 valence electrons. The molecule has 0 amide bonds. The number of thiocarbonyl (C=S) groups is 1. The fraction of sp³-hybridized carbons (Fsp3) is 0.0909. The molecule has 0 aliphatic carbocycles. The first kappa shape index (κ1) is 10.6. The number of benzene rings is 1. The summed E-state index contributed by atoms with van der Waals surface area (Å²) in [6.45, 7) is 5.37. The highest BCUT2D eigenvalue weighted by Gasteiger charge is 2.11. The van der Waals surface area contributed by atoms with Gasteiger partial charge in [0.2, 0.25) is 0 Å². The molecule has 3 heteroatoms. The Labute approximate surface area is 87.9 Å². The molecule has 0 aromatic heterocycles. The van der Waals surface area contributed by atoms with E-state index >= 15 is 0 Å². The summed E-state index contributed by atoms with van der Waals surface area (Å²) in [7, 11) is 0. The van der Waals surface area contributed by atoms with Crippen LogP contribution in [0, 0.1) is 6.92 Å². The van der Waals surface area contributed by atoms with Crippen LogP contribution in [0.5, 0.6) is 0 Å². The molecule has 14 heavy (non-hydrogen) atoms. The summed E-state index contributed by atoms with van der Waals surface area (Å²) in [5, 5.41) is 8.68. The van der Waals surface area contributed by atoms with Gasteiger partial charge in [0.15, 0.2) is 0 Å². The molecular formula is C11H10O2S. The lowest BCUT2D eigenvalue weighted by Crippen LogP contribution is -2.09. The van der Waals surface area contributed by atoms with Gasteiger partial charge < -0.3 is 5.11 Å². The third kappa shape index (κ3) is 2.26. The Hall–Kier alpha value is -1.48. The van der Waals surface area contributed by atoms with Crippen LogP contribution in [-0.2, 0) is 4.79 Å². The Balaban J connectivity index is 2.96. The van der Waals surface area contributed by atoms with Gasteiger partial charge in [-0.2, -0.15) is 0 Å². The van der Waals surface area contributed by atoms with E-state index in [1.807, 2.05) is 19.1 Å². The van der Waals surface area contributed by atoms with Gasteiger partial charge in [0.05, 0.1) is 10.4 Å². The van der Waals surface area contributed by atoms with E-state index in [9.17, 15) is 4.79 Å². The molecule has 0 aliphatic heterocycles. The minimum Gasteiger partial charge on any atom is -0.478 e. The molecule has 0 fully saturated rings. The van der Waals surface area contributed by atoms with Crippen LogP contribution in [0.2, 0.25) is 0 Å². The number of aryl methyl sites for hydroxylation is 1. The highest BCUT2D eigenvalue weighted by atomic mass is 32.1. The van der Waals surface area contributed by atoms with Crippen LogP contribution in [0.25, 0.3) is 0 Å². The van der Waals surface area contributed by atoms with Crippen LogP contribution in [0.3, 0.4) is 0 Å². The molecular weight excluding hydrogens is 196 g/mol. The van der Waals surface area contributed by atoms with Crippen molar-refractivity contribution in [1.82, 2.24) is 0 Å². The van der Waals surface area contributed by atoms with Crippen LogP contribution in [0.15, 0.2) is 36.4 Å². The molecule has 0 saturated carbocycles. The molecule has 0 saturated heterocycles. The van der Waals surface area contributed by atoms with Gasteiger partial charge in [-0.1, -0.05) is 48.6 Å². The lowest BCUT2D eigenvalue weighted by atomic mass is 10.1. The van der Waals surface area contributed by atoms with Crippen molar-refractivity contribution >= 4 is 23.1 Å². The average Bonchev–Trinajstić information content (AvgIpc) is 2.16. The van der Waals surface area contributed by atoms with Crippen molar-refractivity contribution in [1.29, 1.82) is 0 Å². The van der Waals surface area contributed by atoms with Crippen molar-refractivity contribution in [2.24, 2.45) is 0 Å². The molecule has 0 unspecified atom stereocenters. The molecule has 0 heterocycles. The molecule has 0 aliphatic rings. The second-order valence-corrected chi connectivity index (χ2v) is 3.39. The van der Waals surface area contributed by atoms with Gasteiger partial charge in [0, 0.05) is 0 Å². The fourth-order valence-electron chi connectivity index (χ4n) is 0.976. The van der Waals surface area contributed by atoms with Gasteiger partial charge in [0.25, 0.3) is 0 Å². The topological polar surface area (TPSA) is 37.3 Å². The quantitative estimate of drug-likeness (QED) is 0.468. The number of rotatable bonds is 3. The van der Waals surface area contributed by atoms with Crippen LogP contribution < -0.4 is 0 Å². The predicted molar refractivity (Wildman–Crippen MR) is 59.7 cm³/mol. The molecule has 1 aromatic rings. The summed E-state index contributed by atoms with van der Waals surface area (Å²) in [6.07, 6.45) is 0. The van der Waals surface area contributed by atoms with Crippen molar-refractivity contribution in [3.8, 4) is 0 Å². The third-order valence-electron chi connectivity index (χ3n) is 1.85. The maximum atomic E-state index is 10.6. The summed E-state index contributed by atoms with van der Waals surface area (Å²) >= 11 is 4.98. The largest absolute Gasteiger partial charge is 0.478 e. The molecule has 0 radical (unpaired) electrons. The van der Waals surface area contributed by atoms with Gasteiger partial charge in [-0.25, -0.2) is 4.79 Å². The minimum atomic E-state index is -1.07. The summed E-state index contributed by atoms with van der Waals surface area (Å²) in [4.78, 5) is 10.9. The maximum absolute atomic E-state index is 10.6. The lowest BCUT2D eigenvalue weighted by Gasteiger charge is -2.03. The average molecular weight is 206 g/mol. The number of hydrogen-bond donors (Lipinski definition) is 1. The molecule has 2 nitrogen and oxygen atoms in total. The van der Waals surface area contributed by atoms with Crippen molar-refractivity contribution in [2.45, 2.75) is 6.92 Å². The molecule has 0 atom stereocenters. The smallest absolute Gasteiger partial charge is 0.336 e. The second kappa shape index (κ2) is 4.15. The van der Waals surface area contributed by atoms with Crippen molar-refractivity contribution in [3.05, 3.63) is 47.5 Å². The number of hydrogen-bond acceptors (Lipinski definition) is 2. The zero-order chi connectivity index (χ0) is 10.7. The Bertz CT molecular complexity index is 390. The van der Waals surface area contributed by atoms with Gasteiger partial charge in [-0.05, 0) is 12.5 Å². The van der Waals surface area contributed by atoms with Gasteiger partial charge in [-0.15, -0.1) is 0 Å². The molecule has 1 aromatic carbocycles. The molecule has 0 bridgehead atoms. The lowest BCUT2D eigenvalue weighted by molar-refractivity contribution is -0.131. The van der Waals surface area contributed by atoms with Crippen LogP contribution in [0.1, 0.15) is 11.1 Å². The number of carboxylic acids is 1. The Kier molecular flexibility index (Phi) is 3.14. The zero-order valence-corrected chi connectivity index (χ0v) is 8.60. The van der Waals surface area contributed by atoms with Crippen molar-refractivity contribution in [2.75, 3.05) is 0 Å². The Morgan fingerprint density at radius 3 is 2.29 bits per heavy atom. The highest BCUT2D eigenvalue weighted by molar-refractivity contribution is 7.81. The van der Waals surface area contributed by atoms with E-state index in [1.165, 1.54) is 0 Å². The van der Waals surface area contributed by atoms with E-state index in [0.717, 1.165) is 11.1 Å². The number of carboxylic acid groups (broad SMARTS) is 1. The van der Waals surface area contributed by atoms with E-state index < -0.39 is 5.97 Å². The third-order valence-corrected chi connectivity index (χ3v) is 2.33. The second-order valence-electron chi connectivity index (χ2n) is 2.98. The molecule has 1 N–H and O–H groups in total. The number of aliphatic carboxylic acids is 1. The summed E-state index contributed by atoms with van der Waals surface area (Å²) < 4.78 is 0. The summed E-state index contributed by atoms with van der Waals surface area (Å²) in [5.41, 5.74) is 1.79. The maximum Gasteiger partial charge on any atom is 0.336 e. The first-order chi connectivity index (χ1) is 6.52. The van der Waals surface area contributed by atoms with Crippen LogP contribution in [-0.4, -0.2) is 15.9 Å². The van der Waals surface area contributed by atoms with E-state index in [4.69, 9.17) is 17.3 Å². The molecule has 1 rings (SSSR count). The van der Waals surface area contributed by atoms with Gasteiger partial charge >= 0.3 is 5.97 Å². The zero-order valence-electron chi connectivity index (χ0n) is 7.78. The van der Waals surface area contributed by atoms with E-state index in [0.29, 0.717) is 0 Å². The van der Waals surface area contributed by atoms with Gasteiger partial charge in [0.1, 0.15) is 0 Å². The SMILES string of the molecule is C=C(C(=O)O)C(=S)c1ccc(C)cc1. The monoisotopic (exact) mass is 206 g/mol. The summed E-state index contributed by atoms with van der Waals surface area (Å²) in [6, 6.07) is 7.37. The van der Waals surface area contributed by atoms with E-state index in [1.54, 1.807) is 12.1 Å². The van der Waals surface area contributed by atoms with Crippen molar-refractivity contribution in [3.63, 3.8) is 0 Å². The van der Waals surface area contributed by atoms with Crippen LogP contribution in [0.4, 0.5) is 0 Å². The standard InChI is InChI=1S/C11H10O2S/c1-7-3-5-9(6-4-7)10(14)8(2)11(12)13/h3-6H,2H2,1H3,(H,12,13). The Morgan fingerprint density at radius 1 is 1.36 bits per heavy atom. The minimum absolute atomic E-state index is 0.0381. The Morgan fingerprint density at radius 2 is 1.86 bits per heavy atom.